The lowest BCUT2D eigenvalue weighted by Gasteiger charge is -1.92. The van der Waals surface area contributed by atoms with Gasteiger partial charge in [0, 0.05) is 50.3 Å². The molecule has 0 fully saturated rings. The highest BCUT2D eigenvalue weighted by molar-refractivity contribution is 6.62. The number of rotatable bonds is 3. The van der Waals surface area contributed by atoms with Gasteiger partial charge in [0.1, 0.15) is 0 Å². The van der Waals surface area contributed by atoms with E-state index in [0.717, 1.165) is 5.56 Å². The van der Waals surface area contributed by atoms with E-state index in [-0.39, 0.29) is 35.6 Å². The third-order valence-electron chi connectivity index (χ3n) is 2.72. The summed E-state index contributed by atoms with van der Waals surface area (Å²) in [6.45, 7) is 11.6. The molecule has 12 heteroatoms. The summed E-state index contributed by atoms with van der Waals surface area (Å²) >= 11 is 4.64. The Morgan fingerprint density at radius 2 is 1.32 bits per heavy atom. The number of aliphatic hydroxyl groups excluding tert-OH is 1. The Labute approximate surface area is 190 Å². The molecule has 31 heavy (non-hydrogen) atoms. The highest BCUT2D eigenvalue weighted by atomic mass is 35.5. The van der Waals surface area contributed by atoms with Gasteiger partial charge in [-0.2, -0.15) is 0 Å². The Hall–Kier alpha value is -3.39. The van der Waals surface area contributed by atoms with Gasteiger partial charge < -0.3 is 17.5 Å². The monoisotopic (exact) mass is 472 g/mol. The number of nitrogens with zero attached hydrogens (tertiary/aromatic N) is 3. The van der Waals surface area contributed by atoms with Crippen LogP contribution in [0.25, 0.3) is 4.85 Å². The third kappa shape index (κ3) is 17.2. The molecule has 0 unspecified atom stereocenters. The molecule has 0 heterocycles. The molecule has 168 valence electrons. The number of aliphatic hydroxyl groups is 1. The third-order valence-corrected chi connectivity index (χ3v) is 2.72. The molecule has 3 N–H and O–H groups in total. The molecule has 10 nitrogen and oxygen atoms in total. The molecule has 0 aliphatic carbocycles. The molecule has 2 aromatic rings. The van der Waals surface area contributed by atoms with E-state index in [1.165, 1.54) is 43.3 Å². The van der Waals surface area contributed by atoms with E-state index >= 15 is 0 Å². The van der Waals surface area contributed by atoms with Crippen LogP contribution in [0.1, 0.15) is 26.3 Å². The maximum absolute atomic E-state index is 10.2. The van der Waals surface area contributed by atoms with E-state index in [9.17, 15) is 25.0 Å². The van der Waals surface area contributed by atoms with Crippen molar-refractivity contribution in [3.05, 3.63) is 85.7 Å². The Morgan fingerprint density at radius 3 is 1.55 bits per heavy atom. The van der Waals surface area contributed by atoms with Gasteiger partial charge in [0.05, 0.1) is 16.4 Å². The number of benzene rings is 2. The lowest BCUT2D eigenvalue weighted by Crippen LogP contribution is -3.00. The van der Waals surface area contributed by atoms with Gasteiger partial charge in [-0.25, -0.2) is 4.85 Å². The first-order valence-corrected chi connectivity index (χ1v) is 8.60. The first-order chi connectivity index (χ1) is 14.0. The molecule has 0 amide bonds. The highest BCUT2D eigenvalue weighted by Gasteiger charge is 2.05. The van der Waals surface area contributed by atoms with Crippen molar-refractivity contribution in [2.24, 2.45) is 0 Å². The van der Waals surface area contributed by atoms with E-state index in [0.29, 0.717) is 11.4 Å². The van der Waals surface area contributed by atoms with Crippen molar-refractivity contribution in [3.8, 4) is 0 Å². The van der Waals surface area contributed by atoms with Gasteiger partial charge in [-0.3, -0.25) is 30.4 Å². The number of carbonyl (C=O) groups is 1. The number of halogens is 2. The molecule has 0 aliphatic heterocycles. The van der Waals surface area contributed by atoms with Crippen LogP contribution in [0.4, 0.5) is 17.1 Å². The molecule has 0 saturated carbocycles. The van der Waals surface area contributed by atoms with Crippen LogP contribution in [-0.4, -0.2) is 32.5 Å². The summed E-state index contributed by atoms with van der Waals surface area (Å²) in [4.78, 5) is 31.8. The molecule has 0 bridgehead atoms. The Morgan fingerprint density at radius 1 is 1.03 bits per heavy atom. The van der Waals surface area contributed by atoms with E-state index in [1.54, 1.807) is 26.0 Å². The normalized spacial score (nSPS) is 8.13. The lowest BCUT2D eigenvalue weighted by atomic mass is 10.1. The summed E-state index contributed by atoms with van der Waals surface area (Å²) < 4.78 is 0. The summed E-state index contributed by atoms with van der Waals surface area (Å²) in [5, 5.41) is 33.1. The fourth-order valence-corrected chi connectivity index (χ4v) is 1.49. The standard InChI is InChI=1S/C8H8N2O2.C7H4N2O2.C2H3ClO.C2H6O.ClH/c1-6(9)7-2-4-8(5-3-7)10(11)12;1-8-6-2-4-7(5-3-6)9(10)11;1-2(3)4;1-2-3;/h2-5,9H,1H3;2-5H;1H3;3H,2H2,1H3;1H. The molecule has 0 aromatic heterocycles. The van der Waals surface area contributed by atoms with E-state index in [1.807, 2.05) is 0 Å². The Bertz CT molecular complexity index is 845. The van der Waals surface area contributed by atoms with Crippen molar-refractivity contribution in [3.63, 3.8) is 0 Å². The summed E-state index contributed by atoms with van der Waals surface area (Å²) in [5.74, 6) is 0. The van der Waals surface area contributed by atoms with Gasteiger partial charge in [-0.1, -0.05) is 0 Å². The zero-order valence-corrected chi connectivity index (χ0v) is 18.5. The fourth-order valence-electron chi connectivity index (χ4n) is 1.49. The predicted octanol–water partition coefficient (Wildman–Crippen LogP) is 0.0828. The molecular formula is C19H22Cl2N4O6. The van der Waals surface area contributed by atoms with Crippen LogP contribution in [0.15, 0.2) is 48.5 Å². The number of hydrogen-bond donors (Lipinski definition) is 2. The smallest absolute Gasteiger partial charge is 0.269 e. The predicted molar refractivity (Wildman–Crippen MR) is 113 cm³/mol. The minimum atomic E-state index is -0.492. The second-order valence-corrected chi connectivity index (χ2v) is 5.69. The minimum Gasteiger partial charge on any atom is -1.00 e. The summed E-state index contributed by atoms with van der Waals surface area (Å²) in [6.07, 6.45) is 0. The largest absolute Gasteiger partial charge is 1.00 e. The van der Waals surface area contributed by atoms with Crippen molar-refractivity contribution in [1.82, 2.24) is 0 Å². The van der Waals surface area contributed by atoms with Gasteiger partial charge in [-0.05, 0) is 42.8 Å². The van der Waals surface area contributed by atoms with Crippen LogP contribution in [0.2, 0.25) is 0 Å². The highest BCUT2D eigenvalue weighted by Crippen LogP contribution is 2.17. The number of nitro benzene ring substituents is 2. The quantitative estimate of drug-likeness (QED) is 0.212. The van der Waals surface area contributed by atoms with Crippen molar-refractivity contribution < 1.29 is 37.6 Å². The SMILES string of the molecule is CC(=O)Cl.CC(=[NH2+])c1ccc([N+](=O)[O-])cc1.CCO.[C-]#[N+]c1ccc([N+](=O)[O-])cc1.[Cl-]. The molecule has 2 rings (SSSR count). The molecule has 0 radical (unpaired) electrons. The van der Waals surface area contributed by atoms with Gasteiger partial charge in [0.2, 0.25) is 5.24 Å². The number of nitro groups is 2. The second-order valence-electron chi connectivity index (χ2n) is 5.16. The Kier molecular flexibility index (Phi) is 19.4. The lowest BCUT2D eigenvalue weighted by molar-refractivity contribution is -0.385. The molecule has 0 saturated heterocycles. The first kappa shape index (κ1) is 32.3. The van der Waals surface area contributed by atoms with Crippen LogP contribution in [0, 0.1) is 26.8 Å². The average Bonchev–Trinajstić information content (AvgIpc) is 2.68. The van der Waals surface area contributed by atoms with Gasteiger partial charge in [0.15, 0.2) is 11.4 Å². The van der Waals surface area contributed by atoms with Gasteiger partial charge in [0.25, 0.3) is 11.4 Å². The van der Waals surface area contributed by atoms with Crippen LogP contribution >= 0.6 is 11.6 Å². The maximum Gasteiger partial charge on any atom is 0.269 e. The van der Waals surface area contributed by atoms with Crippen molar-refractivity contribution in [1.29, 1.82) is 0 Å². The number of nitrogens with two attached hydrogens (primary N) is 1. The van der Waals surface area contributed by atoms with Crippen molar-refractivity contribution >= 4 is 39.6 Å². The number of hydrogen-bond acceptors (Lipinski definition) is 6. The van der Waals surface area contributed by atoms with Gasteiger partial charge in [-0.15, -0.1) is 0 Å². The topological polar surface area (TPSA) is 154 Å². The maximum atomic E-state index is 10.2. The van der Waals surface area contributed by atoms with Crippen LogP contribution in [0.5, 0.6) is 0 Å². The molecular weight excluding hydrogens is 451 g/mol. The minimum absolute atomic E-state index is 0. The summed E-state index contributed by atoms with van der Waals surface area (Å²) in [6, 6.07) is 11.6. The van der Waals surface area contributed by atoms with Crippen LogP contribution in [-0.2, 0) is 4.79 Å². The fraction of sp³-hybridized carbons (Fsp3) is 0.211. The zero-order chi connectivity index (χ0) is 23.7. The zero-order valence-electron chi connectivity index (χ0n) is 17.0. The van der Waals surface area contributed by atoms with E-state index < -0.39 is 9.85 Å². The van der Waals surface area contributed by atoms with Crippen LogP contribution in [0.3, 0.4) is 0 Å². The van der Waals surface area contributed by atoms with Crippen LogP contribution < -0.4 is 17.8 Å². The van der Waals surface area contributed by atoms with E-state index in [4.69, 9.17) is 17.1 Å². The molecule has 0 atom stereocenters. The summed E-state index contributed by atoms with van der Waals surface area (Å²) in [5.41, 5.74) is 1.98. The average molecular weight is 473 g/mol. The van der Waals surface area contributed by atoms with Crippen molar-refractivity contribution in [2.45, 2.75) is 20.8 Å². The number of non-ortho nitro benzene ring substituents is 2. The molecule has 0 spiro atoms. The van der Waals surface area contributed by atoms with Gasteiger partial charge >= 0.3 is 0 Å². The number of carbonyl (C=O) groups excluding carboxylic acids is 1. The Balaban J connectivity index is -0.000000382. The van der Waals surface area contributed by atoms with E-state index in [2.05, 4.69) is 16.4 Å². The molecule has 2 aromatic carbocycles. The van der Waals surface area contributed by atoms with Crippen molar-refractivity contribution in [2.75, 3.05) is 6.61 Å². The summed E-state index contributed by atoms with van der Waals surface area (Å²) in [7, 11) is 0. The first-order valence-electron chi connectivity index (χ1n) is 8.22. The second kappa shape index (κ2) is 18.6. The molecule has 0 aliphatic rings.